The molecular weight excluding hydrogens is 370 g/mol. The number of methoxy groups -OCH3 is 1. The second-order valence-corrected chi connectivity index (χ2v) is 7.47. The molecule has 0 atom stereocenters. The smallest absolute Gasteiger partial charge is 0.332 e. The molecule has 0 saturated carbocycles. The van der Waals surface area contributed by atoms with Gasteiger partial charge in [-0.3, -0.25) is 0 Å². The minimum Gasteiger partial charge on any atom is -0.493 e. The van der Waals surface area contributed by atoms with Gasteiger partial charge in [-0.25, -0.2) is 10.2 Å². The standard InChI is InChI=1S/C22H29N3O4/c1-22(2,3)17-7-9-18(10-8-17)28-12-5-13-29-19-11-6-16(14-20(19)27-4)15-24-25-21(23)26/h6-11,14-15H,5,12-13H2,1-4H3,(H3,23,25,26)/b24-15+. The third kappa shape index (κ3) is 7.37. The number of primary amides is 1. The number of hydrazone groups is 1. The van der Waals surface area contributed by atoms with E-state index >= 15 is 0 Å². The number of ether oxygens (including phenoxy) is 3. The minimum absolute atomic E-state index is 0.130. The third-order valence-electron chi connectivity index (χ3n) is 4.11. The lowest BCUT2D eigenvalue weighted by Crippen LogP contribution is -2.24. The van der Waals surface area contributed by atoms with Crippen molar-refractivity contribution in [2.45, 2.75) is 32.6 Å². The van der Waals surface area contributed by atoms with Crippen LogP contribution >= 0.6 is 0 Å². The summed E-state index contributed by atoms with van der Waals surface area (Å²) in [7, 11) is 1.56. The van der Waals surface area contributed by atoms with Crippen molar-refractivity contribution in [3.8, 4) is 17.2 Å². The third-order valence-corrected chi connectivity index (χ3v) is 4.11. The zero-order valence-corrected chi connectivity index (χ0v) is 17.4. The lowest BCUT2D eigenvalue weighted by Gasteiger charge is -2.19. The summed E-state index contributed by atoms with van der Waals surface area (Å²) in [5.41, 5.74) is 9.25. The van der Waals surface area contributed by atoms with Crippen LogP contribution < -0.4 is 25.4 Å². The summed E-state index contributed by atoms with van der Waals surface area (Å²) in [6.07, 6.45) is 2.20. The van der Waals surface area contributed by atoms with E-state index in [-0.39, 0.29) is 5.41 Å². The SMILES string of the molecule is COc1cc(/C=N/NC(N)=O)ccc1OCCCOc1ccc(C(C)(C)C)cc1. The van der Waals surface area contributed by atoms with Gasteiger partial charge in [0.05, 0.1) is 26.5 Å². The van der Waals surface area contributed by atoms with Crippen molar-refractivity contribution in [3.63, 3.8) is 0 Å². The maximum atomic E-state index is 10.6. The fourth-order valence-corrected chi connectivity index (χ4v) is 2.54. The number of hydrogen-bond acceptors (Lipinski definition) is 5. The van der Waals surface area contributed by atoms with E-state index in [0.29, 0.717) is 24.7 Å². The van der Waals surface area contributed by atoms with Gasteiger partial charge >= 0.3 is 6.03 Å². The molecule has 2 rings (SSSR count). The molecule has 0 spiro atoms. The summed E-state index contributed by atoms with van der Waals surface area (Å²) >= 11 is 0. The quantitative estimate of drug-likeness (QED) is 0.380. The van der Waals surface area contributed by atoms with Crippen LogP contribution in [0.15, 0.2) is 47.6 Å². The van der Waals surface area contributed by atoms with Crippen LogP contribution in [0.4, 0.5) is 4.79 Å². The molecular formula is C22H29N3O4. The molecule has 0 saturated heterocycles. The number of nitrogens with two attached hydrogens (primary N) is 1. The number of urea groups is 1. The van der Waals surface area contributed by atoms with Gasteiger partial charge in [-0.1, -0.05) is 32.9 Å². The van der Waals surface area contributed by atoms with Crippen LogP contribution in [0.2, 0.25) is 0 Å². The van der Waals surface area contributed by atoms with Crippen LogP contribution in [0, 0.1) is 0 Å². The molecule has 0 aromatic heterocycles. The molecule has 0 aliphatic carbocycles. The van der Waals surface area contributed by atoms with E-state index in [1.807, 2.05) is 12.1 Å². The van der Waals surface area contributed by atoms with Crippen LogP contribution in [-0.4, -0.2) is 32.6 Å². The van der Waals surface area contributed by atoms with Gasteiger partial charge < -0.3 is 19.9 Å². The molecule has 2 amide bonds. The summed E-state index contributed by atoms with van der Waals surface area (Å²) in [6.45, 7) is 7.61. The maximum absolute atomic E-state index is 10.6. The normalized spacial score (nSPS) is 11.3. The van der Waals surface area contributed by atoms with E-state index < -0.39 is 6.03 Å². The van der Waals surface area contributed by atoms with Gasteiger partial charge in [0, 0.05) is 6.42 Å². The maximum Gasteiger partial charge on any atom is 0.332 e. The van der Waals surface area contributed by atoms with Crippen LogP contribution in [-0.2, 0) is 5.41 Å². The van der Waals surface area contributed by atoms with E-state index in [9.17, 15) is 4.79 Å². The van der Waals surface area contributed by atoms with Gasteiger partial charge in [-0.2, -0.15) is 5.10 Å². The van der Waals surface area contributed by atoms with E-state index in [2.05, 4.69) is 43.4 Å². The molecule has 0 bridgehead atoms. The average Bonchev–Trinajstić information content (AvgIpc) is 2.67. The summed E-state index contributed by atoms with van der Waals surface area (Å²) in [5, 5.41) is 3.72. The summed E-state index contributed by atoms with van der Waals surface area (Å²) in [4.78, 5) is 10.6. The summed E-state index contributed by atoms with van der Waals surface area (Å²) in [6, 6.07) is 12.8. The highest BCUT2D eigenvalue weighted by Crippen LogP contribution is 2.28. The van der Waals surface area contributed by atoms with Gasteiger partial charge in [0.2, 0.25) is 0 Å². The van der Waals surface area contributed by atoms with Crippen molar-refractivity contribution < 1.29 is 19.0 Å². The Balaban J connectivity index is 1.79. The number of carbonyl (C=O) groups is 1. The van der Waals surface area contributed by atoms with Crippen LogP contribution in [0.25, 0.3) is 0 Å². The number of nitrogens with zero attached hydrogens (tertiary/aromatic N) is 1. The van der Waals surface area contributed by atoms with Crippen molar-refractivity contribution in [2.24, 2.45) is 10.8 Å². The molecule has 7 heteroatoms. The second-order valence-electron chi connectivity index (χ2n) is 7.47. The fraction of sp³-hybridized carbons (Fsp3) is 0.364. The molecule has 29 heavy (non-hydrogen) atoms. The van der Waals surface area contributed by atoms with Crippen LogP contribution in [0.3, 0.4) is 0 Å². The number of nitrogens with one attached hydrogen (secondary N) is 1. The predicted octanol–water partition coefficient (Wildman–Crippen LogP) is 3.84. The minimum atomic E-state index is -0.722. The van der Waals surface area contributed by atoms with Crippen molar-refractivity contribution in [2.75, 3.05) is 20.3 Å². The Labute approximate surface area is 171 Å². The highest BCUT2D eigenvalue weighted by atomic mass is 16.5. The summed E-state index contributed by atoms with van der Waals surface area (Å²) < 4.78 is 16.9. The first-order valence-electron chi connectivity index (χ1n) is 9.42. The monoisotopic (exact) mass is 399 g/mol. The van der Waals surface area contributed by atoms with E-state index in [4.69, 9.17) is 19.9 Å². The van der Waals surface area contributed by atoms with Gasteiger partial charge in [0.1, 0.15) is 5.75 Å². The van der Waals surface area contributed by atoms with Crippen LogP contribution in [0.5, 0.6) is 17.2 Å². The Morgan fingerprint density at radius 2 is 1.76 bits per heavy atom. The topological polar surface area (TPSA) is 95.2 Å². The van der Waals surface area contributed by atoms with E-state index in [0.717, 1.165) is 17.7 Å². The highest BCUT2D eigenvalue weighted by Gasteiger charge is 2.13. The van der Waals surface area contributed by atoms with Gasteiger partial charge in [0.25, 0.3) is 0 Å². The number of rotatable bonds is 9. The first-order chi connectivity index (χ1) is 13.8. The molecule has 0 heterocycles. The van der Waals surface area contributed by atoms with Gasteiger partial charge in [-0.15, -0.1) is 0 Å². The number of carbonyl (C=O) groups excluding carboxylic acids is 1. The first kappa shape index (κ1) is 22.1. The van der Waals surface area contributed by atoms with Gasteiger partial charge in [0.15, 0.2) is 11.5 Å². The van der Waals surface area contributed by atoms with Gasteiger partial charge in [-0.05, 0) is 46.9 Å². The van der Waals surface area contributed by atoms with Crippen LogP contribution in [0.1, 0.15) is 38.3 Å². The Bertz CT molecular complexity index is 827. The fourth-order valence-electron chi connectivity index (χ4n) is 2.54. The first-order valence-corrected chi connectivity index (χ1v) is 9.42. The summed E-state index contributed by atoms with van der Waals surface area (Å²) in [5.74, 6) is 2.05. The molecule has 156 valence electrons. The largest absolute Gasteiger partial charge is 0.493 e. The lowest BCUT2D eigenvalue weighted by molar-refractivity contribution is 0.240. The molecule has 0 aliphatic rings. The predicted molar refractivity (Wildman–Crippen MR) is 114 cm³/mol. The van der Waals surface area contributed by atoms with E-state index in [1.54, 1.807) is 25.3 Å². The number of amides is 2. The van der Waals surface area contributed by atoms with E-state index in [1.165, 1.54) is 11.8 Å². The van der Waals surface area contributed by atoms with Crippen molar-refractivity contribution in [1.82, 2.24) is 5.43 Å². The molecule has 2 aromatic carbocycles. The number of hydrogen-bond donors (Lipinski definition) is 2. The molecule has 0 radical (unpaired) electrons. The molecule has 0 fully saturated rings. The Hall–Kier alpha value is -3.22. The zero-order valence-electron chi connectivity index (χ0n) is 17.4. The molecule has 0 aliphatic heterocycles. The van der Waals surface area contributed by atoms with Crippen molar-refractivity contribution in [3.05, 3.63) is 53.6 Å². The Kier molecular flexibility index (Phi) is 7.88. The Morgan fingerprint density at radius 3 is 2.38 bits per heavy atom. The Morgan fingerprint density at radius 1 is 1.07 bits per heavy atom. The highest BCUT2D eigenvalue weighted by molar-refractivity contribution is 5.82. The zero-order chi connectivity index (χ0) is 21.3. The molecule has 7 nitrogen and oxygen atoms in total. The molecule has 0 unspecified atom stereocenters. The average molecular weight is 399 g/mol. The number of benzene rings is 2. The van der Waals surface area contributed by atoms with Crippen molar-refractivity contribution >= 4 is 12.2 Å². The van der Waals surface area contributed by atoms with Crippen molar-refractivity contribution in [1.29, 1.82) is 0 Å². The molecule has 3 N–H and O–H groups in total. The lowest BCUT2D eigenvalue weighted by atomic mass is 9.87. The molecule has 2 aromatic rings. The second kappa shape index (κ2) is 10.4.